The first-order chi connectivity index (χ1) is 43.3. The van der Waals surface area contributed by atoms with Crippen molar-refractivity contribution in [3.8, 4) is 0 Å². The molecule has 0 aromatic rings. The zero-order valence-electron chi connectivity index (χ0n) is 57.9. The molecule has 0 radical (unpaired) electrons. The summed E-state index contributed by atoms with van der Waals surface area (Å²) in [6, 6.07) is 0. The van der Waals surface area contributed by atoms with Gasteiger partial charge in [-0.25, -0.2) is 0 Å². The second-order valence-corrected chi connectivity index (χ2v) is 25.9. The minimum Gasteiger partial charge on any atom is -0.465 e. The summed E-state index contributed by atoms with van der Waals surface area (Å²) in [5.41, 5.74) is 7.49. The fourth-order valence-corrected chi connectivity index (χ4v) is 10.4. The third-order valence-corrected chi connectivity index (χ3v) is 16.1. The van der Waals surface area contributed by atoms with Crippen LogP contribution >= 0.6 is 0 Å². The summed E-state index contributed by atoms with van der Waals surface area (Å²) in [4.78, 5) is 137. The van der Waals surface area contributed by atoms with E-state index in [1.807, 2.05) is 13.8 Å². The van der Waals surface area contributed by atoms with Crippen molar-refractivity contribution >= 4 is 58.8 Å². The first kappa shape index (κ1) is 86.0. The molecular formula is C66H127N13O12. The van der Waals surface area contributed by atoms with Gasteiger partial charge in [-0.2, -0.15) is 0 Å². The summed E-state index contributed by atoms with van der Waals surface area (Å²) in [5, 5.41) is 33.3. The molecular weight excluding hydrogens is 1170 g/mol. The highest BCUT2D eigenvalue weighted by Gasteiger charge is 2.44. The molecule has 25 nitrogen and oxygen atoms in total. The molecule has 4 atom stereocenters. The molecule has 0 aliphatic rings. The van der Waals surface area contributed by atoms with Gasteiger partial charge in [0.1, 0.15) is 17.3 Å². The Morgan fingerprint density at radius 1 is 0.352 bits per heavy atom. The molecule has 0 aromatic carbocycles. The Morgan fingerprint density at radius 2 is 0.692 bits per heavy atom. The van der Waals surface area contributed by atoms with Gasteiger partial charge >= 0.3 is 11.9 Å². The van der Waals surface area contributed by atoms with Crippen LogP contribution in [0.2, 0.25) is 0 Å². The third-order valence-electron chi connectivity index (χ3n) is 16.1. The summed E-state index contributed by atoms with van der Waals surface area (Å²) in [6.07, 6.45) is 9.00. The second-order valence-electron chi connectivity index (χ2n) is 25.9. The van der Waals surface area contributed by atoms with Crippen molar-refractivity contribution < 1.29 is 57.4 Å². The number of unbranched alkanes of at least 4 members (excludes halogenated alkanes) is 7. The van der Waals surface area contributed by atoms with Gasteiger partial charge in [0, 0.05) is 177 Å². The minimum atomic E-state index is -1.35. The van der Waals surface area contributed by atoms with Gasteiger partial charge in [-0.05, 0) is 44.9 Å². The molecule has 0 fully saturated rings. The number of esters is 2. The van der Waals surface area contributed by atoms with E-state index in [0.29, 0.717) is 118 Å². The predicted molar refractivity (Wildman–Crippen MR) is 358 cm³/mol. The van der Waals surface area contributed by atoms with E-state index in [4.69, 9.17) is 20.9 Å². The number of hydrogen-bond donors (Lipinski definition) is 13. The van der Waals surface area contributed by atoms with Crippen LogP contribution in [0.1, 0.15) is 185 Å². The summed E-state index contributed by atoms with van der Waals surface area (Å²) >= 11 is 0. The summed E-state index contributed by atoms with van der Waals surface area (Å²) in [7, 11) is 0. The van der Waals surface area contributed by atoms with E-state index in [2.05, 4.69) is 72.3 Å². The minimum absolute atomic E-state index is 0.00151. The fraction of sp³-hybridized carbons (Fsp3) is 0.848. The lowest BCUT2D eigenvalue weighted by molar-refractivity contribution is -0.143. The molecule has 15 N–H and O–H groups in total. The fourth-order valence-electron chi connectivity index (χ4n) is 10.4. The van der Waals surface area contributed by atoms with Gasteiger partial charge in [0.2, 0.25) is 29.5 Å². The molecule has 0 rings (SSSR count). The number of nitrogens with one attached hydrogen (secondary N) is 11. The van der Waals surface area contributed by atoms with Crippen molar-refractivity contribution in [3.63, 3.8) is 0 Å². The molecule has 0 aliphatic carbocycles. The molecule has 4 unspecified atom stereocenters. The molecule has 0 saturated heterocycles. The second kappa shape index (κ2) is 52.4. The number of carbonyl (C=O) groups excluding carboxylic acids is 10. The van der Waals surface area contributed by atoms with E-state index in [0.717, 1.165) is 64.2 Å². The normalized spacial score (nSPS) is 13.1. The van der Waals surface area contributed by atoms with Crippen LogP contribution in [0.4, 0.5) is 0 Å². The van der Waals surface area contributed by atoms with Crippen LogP contribution in [0.3, 0.4) is 0 Å². The van der Waals surface area contributed by atoms with E-state index < -0.39 is 51.7 Å². The maximum absolute atomic E-state index is 15.3. The lowest BCUT2D eigenvalue weighted by atomic mass is 9.67. The Labute approximate surface area is 546 Å². The number of amides is 5. The standard InChI is InChI=1S/C66H127N13O12/c1-11-15-18-20-39-90-58(84)48-73-29-27-71-32-36-75-56(82)43-51(45-64(5,6)54(80)41-50(14-4)61(87)78-38-34-72-28-30-74-49-59(85)91-40-21-19-16-12-2)60(86)66(9,10)47-52(62(88)79-37-33-70-26-23-68)42-55(81)65(7,8)46-53(63(89)77-24-17-13-3)44-57(83)76-35-31-69-25-22-67/h50-53,69-74H,11-49,67-68H2,1-10H3,(H,75,82)(H,76,83)(H,77,89)(H,78,87)(H,79,88). The highest BCUT2D eigenvalue weighted by Crippen LogP contribution is 2.40. The molecule has 528 valence electrons. The smallest absolute Gasteiger partial charge is 0.319 e. The zero-order chi connectivity index (χ0) is 68.4. The predicted octanol–water partition coefficient (Wildman–Crippen LogP) is 2.46. The van der Waals surface area contributed by atoms with E-state index in [1.54, 1.807) is 41.5 Å². The van der Waals surface area contributed by atoms with Crippen LogP contribution in [-0.2, 0) is 57.4 Å². The monoisotopic (exact) mass is 1290 g/mol. The summed E-state index contributed by atoms with van der Waals surface area (Å²) in [6.45, 7) is 26.3. The quantitative estimate of drug-likeness (QED) is 0.0307. The first-order valence-electron chi connectivity index (χ1n) is 34.3. The Morgan fingerprint density at radius 3 is 1.12 bits per heavy atom. The number of nitrogens with two attached hydrogens (primary N) is 2. The van der Waals surface area contributed by atoms with Gasteiger partial charge in [0.15, 0.2) is 0 Å². The molecule has 0 bridgehead atoms. The highest BCUT2D eigenvalue weighted by molar-refractivity contribution is 5.95. The highest BCUT2D eigenvalue weighted by atomic mass is 16.5. The van der Waals surface area contributed by atoms with Crippen molar-refractivity contribution in [2.45, 2.75) is 185 Å². The Kier molecular flexibility index (Phi) is 49.5. The number of hydrogen-bond acceptors (Lipinski definition) is 20. The Hall–Kier alpha value is -5.02. The van der Waals surface area contributed by atoms with Crippen LogP contribution in [0.25, 0.3) is 0 Å². The van der Waals surface area contributed by atoms with Crippen LogP contribution in [0.5, 0.6) is 0 Å². The summed E-state index contributed by atoms with van der Waals surface area (Å²) in [5.74, 6) is -7.18. The number of Topliss-reactive ketones (excluding diaryl/α,β-unsaturated/α-hetero) is 3. The molecule has 5 amide bonds. The van der Waals surface area contributed by atoms with Gasteiger partial charge in [0.05, 0.1) is 26.3 Å². The van der Waals surface area contributed by atoms with Gasteiger partial charge in [-0.1, -0.05) is 114 Å². The molecule has 25 heteroatoms. The van der Waals surface area contributed by atoms with Gasteiger partial charge in [-0.3, -0.25) is 47.9 Å². The SMILES string of the molecule is CCCCCCOC(=O)CNCCNCCNC(=O)CC(CC(C)(C)C(=O)CC(CC)C(=O)NCCNCCNCC(=O)OCCCCCC)C(=O)C(C)(C)CC(CC(=O)C(C)(C)CC(CC(=O)NCCNCCN)C(=O)NCCCC)C(=O)NCCNCCN. The average Bonchev–Trinajstić information content (AvgIpc) is 1.29. The number of ketones is 3. The van der Waals surface area contributed by atoms with Crippen LogP contribution in [0.15, 0.2) is 0 Å². The molecule has 0 aromatic heterocycles. The van der Waals surface area contributed by atoms with Crippen molar-refractivity contribution in [3.05, 3.63) is 0 Å². The molecule has 91 heavy (non-hydrogen) atoms. The topological polar surface area (TPSA) is 374 Å². The van der Waals surface area contributed by atoms with E-state index in [1.165, 1.54) is 0 Å². The third kappa shape index (κ3) is 42.8. The van der Waals surface area contributed by atoms with Crippen LogP contribution in [-0.4, -0.2) is 196 Å². The van der Waals surface area contributed by atoms with Gasteiger partial charge in [0.25, 0.3) is 0 Å². The zero-order valence-corrected chi connectivity index (χ0v) is 57.9. The van der Waals surface area contributed by atoms with Crippen molar-refractivity contribution in [2.24, 2.45) is 51.4 Å². The maximum Gasteiger partial charge on any atom is 0.319 e. The average molecular weight is 1290 g/mol. The van der Waals surface area contributed by atoms with E-state index in [-0.39, 0.29) is 118 Å². The molecule has 0 aliphatic heterocycles. The van der Waals surface area contributed by atoms with E-state index in [9.17, 15) is 43.2 Å². The van der Waals surface area contributed by atoms with E-state index >= 15 is 4.79 Å². The van der Waals surface area contributed by atoms with Crippen LogP contribution < -0.4 is 70.0 Å². The van der Waals surface area contributed by atoms with Gasteiger partial charge < -0.3 is 79.4 Å². The number of carbonyl (C=O) groups is 10. The van der Waals surface area contributed by atoms with Crippen LogP contribution in [0, 0.1) is 39.9 Å². The van der Waals surface area contributed by atoms with Crippen molar-refractivity contribution in [1.29, 1.82) is 0 Å². The van der Waals surface area contributed by atoms with Crippen molar-refractivity contribution in [1.82, 2.24) is 58.5 Å². The number of ether oxygens (including phenoxy) is 2. The maximum atomic E-state index is 15.3. The Balaban J connectivity index is 6.57. The molecule has 0 spiro atoms. The summed E-state index contributed by atoms with van der Waals surface area (Å²) < 4.78 is 10.5. The largest absolute Gasteiger partial charge is 0.465 e. The molecule has 0 saturated carbocycles. The Bertz CT molecular complexity index is 2080. The van der Waals surface area contributed by atoms with Gasteiger partial charge in [-0.15, -0.1) is 0 Å². The van der Waals surface area contributed by atoms with Crippen molar-refractivity contribution in [2.75, 3.05) is 138 Å². The first-order valence-corrected chi connectivity index (χ1v) is 34.3. The number of rotatable bonds is 61. The lowest BCUT2D eigenvalue weighted by Crippen LogP contribution is -2.44. The molecule has 0 heterocycles. The lowest BCUT2D eigenvalue weighted by Gasteiger charge is -2.35.